The lowest BCUT2D eigenvalue weighted by Gasteiger charge is -2.19. The van der Waals surface area contributed by atoms with Gasteiger partial charge in [-0.3, -0.25) is 4.98 Å². The molecule has 1 atom stereocenters. The van der Waals surface area contributed by atoms with Crippen molar-refractivity contribution in [2.24, 2.45) is 5.73 Å². The second kappa shape index (κ2) is 7.51. The number of nitrogens with two attached hydrogens (primary N) is 2. The first-order chi connectivity index (χ1) is 13.9. The molecule has 1 aliphatic heterocycles. The number of nitrogen functional groups attached to an aromatic ring is 1. The summed E-state index contributed by atoms with van der Waals surface area (Å²) in [4.78, 5) is 8.15. The van der Waals surface area contributed by atoms with E-state index in [1.807, 2.05) is 0 Å². The molecule has 7 nitrogen and oxygen atoms in total. The van der Waals surface area contributed by atoms with E-state index in [1.165, 1.54) is 28.8 Å². The van der Waals surface area contributed by atoms with Crippen molar-refractivity contribution in [2.75, 3.05) is 18.8 Å². The van der Waals surface area contributed by atoms with Gasteiger partial charge in [0.15, 0.2) is 0 Å². The number of hydrogen-bond acceptors (Lipinski definition) is 6. The molecule has 29 heavy (non-hydrogen) atoms. The van der Waals surface area contributed by atoms with Gasteiger partial charge in [0, 0.05) is 30.3 Å². The molecule has 0 saturated carbocycles. The molecule has 1 unspecified atom stereocenters. The number of nitrogens with zero attached hydrogens (tertiary/aromatic N) is 3. The minimum atomic E-state index is -3.74. The van der Waals surface area contributed by atoms with Crippen molar-refractivity contribution in [3.05, 3.63) is 60.7 Å². The van der Waals surface area contributed by atoms with Crippen molar-refractivity contribution in [3.63, 3.8) is 0 Å². The number of anilines is 1. The summed E-state index contributed by atoms with van der Waals surface area (Å²) in [5.74, 6) is -0.288. The van der Waals surface area contributed by atoms with E-state index in [0.717, 1.165) is 0 Å². The fourth-order valence-corrected chi connectivity index (χ4v) is 5.13. The molecule has 9 heteroatoms. The summed E-state index contributed by atoms with van der Waals surface area (Å²) < 4.78 is 42.5. The summed E-state index contributed by atoms with van der Waals surface area (Å²) >= 11 is 0. The third-order valence-electron chi connectivity index (χ3n) is 4.92. The fraction of sp³-hybridized carbons (Fsp3) is 0.200. The highest BCUT2D eigenvalue weighted by Gasteiger charge is 2.32. The van der Waals surface area contributed by atoms with E-state index in [-0.39, 0.29) is 28.9 Å². The SMILES string of the molecule is Nc1cnc(-c2ccc(-c3ccccc3S(=O)(=O)N3CCC(N)C3)cc2F)cn1. The molecule has 1 saturated heterocycles. The third kappa shape index (κ3) is 3.71. The largest absolute Gasteiger partial charge is 0.382 e. The van der Waals surface area contributed by atoms with Gasteiger partial charge in [0.2, 0.25) is 10.0 Å². The Morgan fingerprint density at radius 3 is 2.52 bits per heavy atom. The minimum absolute atomic E-state index is 0.133. The van der Waals surface area contributed by atoms with E-state index in [0.29, 0.717) is 29.8 Å². The number of benzene rings is 2. The van der Waals surface area contributed by atoms with Crippen molar-refractivity contribution in [3.8, 4) is 22.4 Å². The number of aromatic nitrogens is 2. The standard InChI is InChI=1S/C20H20FN5O2S/c21-17-9-13(5-6-16(17)18-10-25-20(23)11-24-18)15-3-1-2-4-19(15)29(27,28)26-8-7-14(22)12-26/h1-6,9-11,14H,7-8,12,22H2,(H2,23,25). The van der Waals surface area contributed by atoms with Crippen LogP contribution < -0.4 is 11.5 Å². The van der Waals surface area contributed by atoms with Gasteiger partial charge in [0.1, 0.15) is 11.6 Å². The second-order valence-corrected chi connectivity index (χ2v) is 8.84. The average Bonchev–Trinajstić information content (AvgIpc) is 3.16. The van der Waals surface area contributed by atoms with Crippen LogP contribution in [0.15, 0.2) is 59.8 Å². The average molecular weight is 413 g/mol. The number of sulfonamides is 1. The van der Waals surface area contributed by atoms with Gasteiger partial charge >= 0.3 is 0 Å². The lowest BCUT2D eigenvalue weighted by Crippen LogP contribution is -2.32. The molecule has 0 amide bonds. The smallest absolute Gasteiger partial charge is 0.243 e. The van der Waals surface area contributed by atoms with Crippen LogP contribution in [0.2, 0.25) is 0 Å². The third-order valence-corrected chi connectivity index (χ3v) is 6.84. The van der Waals surface area contributed by atoms with Crippen LogP contribution in [0.3, 0.4) is 0 Å². The van der Waals surface area contributed by atoms with Gasteiger partial charge in [-0.05, 0) is 30.2 Å². The van der Waals surface area contributed by atoms with Crippen LogP contribution in [0.4, 0.5) is 10.2 Å². The molecule has 0 spiro atoms. The fourth-order valence-electron chi connectivity index (χ4n) is 3.41. The maximum absolute atomic E-state index is 14.8. The van der Waals surface area contributed by atoms with Gasteiger partial charge in [-0.2, -0.15) is 4.31 Å². The molecule has 2 aromatic carbocycles. The summed E-state index contributed by atoms with van der Waals surface area (Å²) in [6, 6.07) is 10.9. The molecule has 1 aliphatic rings. The topological polar surface area (TPSA) is 115 Å². The van der Waals surface area contributed by atoms with Crippen LogP contribution >= 0.6 is 0 Å². The van der Waals surface area contributed by atoms with Gasteiger partial charge in [0.05, 0.1) is 23.0 Å². The van der Waals surface area contributed by atoms with E-state index in [1.54, 1.807) is 30.3 Å². The molecule has 3 aromatic rings. The molecular formula is C20H20FN5O2S. The van der Waals surface area contributed by atoms with Gasteiger partial charge in [-0.25, -0.2) is 17.8 Å². The number of hydrogen-bond donors (Lipinski definition) is 2. The number of rotatable bonds is 4. The van der Waals surface area contributed by atoms with Crippen LogP contribution in [0.1, 0.15) is 6.42 Å². The predicted molar refractivity (Wildman–Crippen MR) is 109 cm³/mol. The van der Waals surface area contributed by atoms with Gasteiger partial charge in [-0.1, -0.05) is 24.3 Å². The van der Waals surface area contributed by atoms with Crippen LogP contribution in [0.5, 0.6) is 0 Å². The first kappa shape index (κ1) is 19.4. The first-order valence-electron chi connectivity index (χ1n) is 9.09. The zero-order chi connectivity index (χ0) is 20.6. The van der Waals surface area contributed by atoms with Crippen molar-refractivity contribution in [2.45, 2.75) is 17.4 Å². The Morgan fingerprint density at radius 1 is 1.07 bits per heavy atom. The zero-order valence-corrected chi connectivity index (χ0v) is 16.3. The van der Waals surface area contributed by atoms with Crippen molar-refractivity contribution in [1.29, 1.82) is 0 Å². The summed E-state index contributed by atoms with van der Waals surface area (Å²) in [7, 11) is -3.74. The van der Waals surface area contributed by atoms with E-state index in [9.17, 15) is 12.8 Å². The van der Waals surface area contributed by atoms with E-state index in [4.69, 9.17) is 11.5 Å². The summed E-state index contributed by atoms with van der Waals surface area (Å²) in [5.41, 5.74) is 12.9. The van der Waals surface area contributed by atoms with Crippen molar-refractivity contribution >= 4 is 15.8 Å². The molecule has 0 radical (unpaired) electrons. The van der Waals surface area contributed by atoms with Crippen molar-refractivity contribution in [1.82, 2.24) is 14.3 Å². The summed E-state index contributed by atoms with van der Waals surface area (Å²) in [6.45, 7) is 0.653. The van der Waals surface area contributed by atoms with Gasteiger partial charge in [-0.15, -0.1) is 0 Å². The molecule has 2 heterocycles. The van der Waals surface area contributed by atoms with Gasteiger partial charge in [0.25, 0.3) is 0 Å². The Balaban J connectivity index is 1.75. The molecule has 0 bridgehead atoms. The highest BCUT2D eigenvalue weighted by atomic mass is 32.2. The van der Waals surface area contributed by atoms with E-state index < -0.39 is 15.8 Å². The molecule has 150 valence electrons. The first-order valence-corrected chi connectivity index (χ1v) is 10.5. The highest BCUT2D eigenvalue weighted by molar-refractivity contribution is 7.89. The molecule has 4 N–H and O–H groups in total. The zero-order valence-electron chi connectivity index (χ0n) is 15.5. The molecule has 1 fully saturated rings. The van der Waals surface area contributed by atoms with Crippen LogP contribution in [0.25, 0.3) is 22.4 Å². The minimum Gasteiger partial charge on any atom is -0.382 e. The Kier molecular flexibility index (Phi) is 5.03. The maximum Gasteiger partial charge on any atom is 0.243 e. The second-order valence-electron chi connectivity index (χ2n) is 6.93. The monoisotopic (exact) mass is 413 g/mol. The highest BCUT2D eigenvalue weighted by Crippen LogP contribution is 2.33. The Labute approximate surface area is 168 Å². The Morgan fingerprint density at radius 2 is 1.86 bits per heavy atom. The lowest BCUT2D eigenvalue weighted by atomic mass is 10.0. The van der Waals surface area contributed by atoms with Crippen LogP contribution in [-0.2, 0) is 10.0 Å². The quantitative estimate of drug-likeness (QED) is 0.678. The lowest BCUT2D eigenvalue weighted by molar-refractivity contribution is 0.472. The molecular weight excluding hydrogens is 393 g/mol. The number of halogens is 1. The molecule has 1 aromatic heterocycles. The summed E-state index contributed by atoms with van der Waals surface area (Å²) in [6.07, 6.45) is 3.36. The van der Waals surface area contributed by atoms with Crippen LogP contribution in [-0.4, -0.2) is 41.8 Å². The predicted octanol–water partition coefficient (Wildman–Crippen LogP) is 2.25. The summed E-state index contributed by atoms with van der Waals surface area (Å²) in [5, 5.41) is 0. The van der Waals surface area contributed by atoms with Gasteiger partial charge < -0.3 is 11.5 Å². The van der Waals surface area contributed by atoms with E-state index >= 15 is 0 Å². The van der Waals surface area contributed by atoms with E-state index in [2.05, 4.69) is 9.97 Å². The Hall–Kier alpha value is -2.88. The van der Waals surface area contributed by atoms with Crippen molar-refractivity contribution < 1.29 is 12.8 Å². The Bertz CT molecular complexity index is 1150. The van der Waals surface area contributed by atoms with Crippen LogP contribution in [0, 0.1) is 5.82 Å². The normalized spacial score (nSPS) is 17.5. The molecule has 0 aliphatic carbocycles. The maximum atomic E-state index is 14.8. The molecule has 4 rings (SSSR count).